The lowest BCUT2D eigenvalue weighted by Crippen LogP contribution is -2.32. The van der Waals surface area contributed by atoms with Crippen molar-refractivity contribution in [2.75, 3.05) is 13.6 Å². The van der Waals surface area contributed by atoms with Crippen LogP contribution < -0.4 is 4.80 Å². The van der Waals surface area contributed by atoms with E-state index in [-0.39, 0.29) is 24.7 Å². The van der Waals surface area contributed by atoms with Crippen molar-refractivity contribution >= 4 is 23.2 Å². The Labute approximate surface area is 152 Å². The highest BCUT2D eigenvalue weighted by atomic mass is 32.1. The summed E-state index contributed by atoms with van der Waals surface area (Å²) < 4.78 is 20.5. The van der Waals surface area contributed by atoms with Gasteiger partial charge in [-0.2, -0.15) is 4.99 Å². The van der Waals surface area contributed by atoms with Crippen LogP contribution in [0.5, 0.6) is 0 Å². The zero-order valence-electron chi connectivity index (χ0n) is 14.0. The van der Waals surface area contributed by atoms with Crippen LogP contribution in [0.4, 0.5) is 4.39 Å². The van der Waals surface area contributed by atoms with Gasteiger partial charge in [-0.1, -0.05) is 18.2 Å². The van der Waals surface area contributed by atoms with Gasteiger partial charge in [0.1, 0.15) is 12.4 Å². The third kappa shape index (κ3) is 4.15. The molecular weight excluding hydrogens is 357 g/mol. The predicted octanol–water partition coefficient (Wildman–Crippen LogP) is 2.53. The van der Waals surface area contributed by atoms with Crippen LogP contribution in [0.25, 0.3) is 0 Å². The van der Waals surface area contributed by atoms with Gasteiger partial charge >= 0.3 is 0 Å². The molecule has 3 aromatic rings. The van der Waals surface area contributed by atoms with Crippen LogP contribution >= 0.6 is 11.3 Å². The minimum Gasteiger partial charge on any atom is -0.459 e. The fourth-order valence-corrected chi connectivity index (χ4v) is 3.07. The maximum absolute atomic E-state index is 13.8. The Morgan fingerprint density at radius 3 is 2.81 bits per heavy atom. The molecule has 26 heavy (non-hydrogen) atoms. The number of nitrogens with zero attached hydrogens (tertiary/aromatic N) is 3. The third-order valence-electron chi connectivity index (χ3n) is 3.63. The Balaban J connectivity index is 1.72. The molecule has 0 saturated heterocycles. The number of halogens is 1. The van der Waals surface area contributed by atoms with Gasteiger partial charge in [0.2, 0.25) is 0 Å². The van der Waals surface area contributed by atoms with Gasteiger partial charge in [0.15, 0.2) is 10.6 Å². The maximum Gasteiger partial charge on any atom is 0.289 e. The molecule has 2 aromatic heterocycles. The lowest BCUT2D eigenvalue weighted by molar-refractivity contribution is -0.118. The second-order valence-corrected chi connectivity index (χ2v) is 6.42. The average molecular weight is 373 g/mol. The van der Waals surface area contributed by atoms with Crippen molar-refractivity contribution in [3.63, 3.8) is 0 Å². The largest absolute Gasteiger partial charge is 0.459 e. The number of benzene rings is 1. The first-order valence-electron chi connectivity index (χ1n) is 7.78. The van der Waals surface area contributed by atoms with E-state index >= 15 is 0 Å². The summed E-state index contributed by atoms with van der Waals surface area (Å²) in [4.78, 5) is 30.0. The highest BCUT2D eigenvalue weighted by Gasteiger charge is 2.17. The van der Waals surface area contributed by atoms with E-state index in [1.54, 1.807) is 40.4 Å². The Kier molecular flexibility index (Phi) is 5.43. The number of carbonyl (C=O) groups excluding carboxylic acids is 2. The molecular formula is C18H16FN3O3S. The van der Waals surface area contributed by atoms with E-state index in [1.807, 2.05) is 0 Å². The van der Waals surface area contributed by atoms with Crippen molar-refractivity contribution in [2.24, 2.45) is 4.99 Å². The van der Waals surface area contributed by atoms with E-state index < -0.39 is 11.8 Å². The molecule has 0 aliphatic carbocycles. The topological polar surface area (TPSA) is 67.8 Å². The van der Waals surface area contributed by atoms with Gasteiger partial charge in [-0.3, -0.25) is 9.59 Å². The Bertz CT molecular complexity index is 975. The van der Waals surface area contributed by atoms with Crippen molar-refractivity contribution < 1.29 is 18.4 Å². The van der Waals surface area contributed by atoms with Crippen LogP contribution in [0.3, 0.4) is 0 Å². The van der Waals surface area contributed by atoms with Crippen molar-refractivity contribution in [1.82, 2.24) is 9.47 Å². The van der Waals surface area contributed by atoms with Crippen LogP contribution in [-0.2, 0) is 11.3 Å². The Hall–Kier alpha value is -3.00. The van der Waals surface area contributed by atoms with Crippen LogP contribution in [0.2, 0.25) is 0 Å². The van der Waals surface area contributed by atoms with E-state index in [4.69, 9.17) is 4.42 Å². The van der Waals surface area contributed by atoms with Crippen molar-refractivity contribution in [3.05, 3.63) is 76.2 Å². The van der Waals surface area contributed by atoms with Crippen LogP contribution in [-0.4, -0.2) is 34.9 Å². The first kappa shape index (κ1) is 17.8. The molecule has 2 heterocycles. The van der Waals surface area contributed by atoms with Gasteiger partial charge in [0.05, 0.1) is 12.8 Å². The SMILES string of the molecule is CN(CC(=O)N=c1sccn1Cc1ccccc1F)C(=O)c1ccco1. The molecule has 0 radical (unpaired) electrons. The number of rotatable bonds is 5. The van der Waals surface area contributed by atoms with E-state index in [2.05, 4.69) is 4.99 Å². The van der Waals surface area contributed by atoms with Gasteiger partial charge in [-0.05, 0) is 18.2 Å². The zero-order valence-corrected chi connectivity index (χ0v) is 14.8. The molecule has 0 aliphatic rings. The fourth-order valence-electron chi connectivity index (χ4n) is 2.32. The minimum atomic E-state index is -0.475. The number of amides is 2. The quantitative estimate of drug-likeness (QED) is 0.690. The molecule has 0 unspecified atom stereocenters. The van der Waals surface area contributed by atoms with E-state index in [0.29, 0.717) is 10.4 Å². The molecule has 0 atom stereocenters. The summed E-state index contributed by atoms with van der Waals surface area (Å²) in [6.07, 6.45) is 3.13. The summed E-state index contributed by atoms with van der Waals surface area (Å²) in [5, 5.41) is 1.77. The second kappa shape index (κ2) is 7.92. The number of aromatic nitrogens is 1. The van der Waals surface area contributed by atoms with Crippen LogP contribution in [0, 0.1) is 5.82 Å². The number of thiazole rings is 1. The standard InChI is InChI=1S/C18H16FN3O3S/c1-21(17(24)15-7-4-9-25-15)12-16(23)20-18-22(8-10-26-18)11-13-5-2-3-6-14(13)19/h2-10H,11-12H2,1H3. The molecule has 134 valence electrons. The monoisotopic (exact) mass is 373 g/mol. The lowest BCUT2D eigenvalue weighted by Gasteiger charge is -2.12. The third-order valence-corrected chi connectivity index (χ3v) is 4.42. The van der Waals surface area contributed by atoms with E-state index in [1.165, 1.54) is 41.7 Å². The number of carbonyl (C=O) groups is 2. The normalized spacial score (nSPS) is 11.5. The number of likely N-dealkylation sites (N-methyl/N-ethyl adjacent to an activating group) is 1. The number of hydrogen-bond donors (Lipinski definition) is 0. The van der Waals surface area contributed by atoms with Gasteiger partial charge in [0, 0.05) is 24.2 Å². The van der Waals surface area contributed by atoms with Crippen molar-refractivity contribution in [3.8, 4) is 0 Å². The molecule has 8 heteroatoms. The van der Waals surface area contributed by atoms with E-state index in [0.717, 1.165) is 0 Å². The maximum atomic E-state index is 13.8. The van der Waals surface area contributed by atoms with E-state index in [9.17, 15) is 14.0 Å². The first-order valence-corrected chi connectivity index (χ1v) is 8.66. The van der Waals surface area contributed by atoms with Gasteiger partial charge in [-0.15, -0.1) is 11.3 Å². The van der Waals surface area contributed by atoms with Crippen molar-refractivity contribution in [1.29, 1.82) is 0 Å². The smallest absolute Gasteiger partial charge is 0.289 e. The average Bonchev–Trinajstić information content (AvgIpc) is 3.28. The van der Waals surface area contributed by atoms with Gasteiger partial charge in [0.25, 0.3) is 11.8 Å². The van der Waals surface area contributed by atoms with Gasteiger partial charge < -0.3 is 13.9 Å². The molecule has 3 rings (SSSR count). The summed E-state index contributed by atoms with van der Waals surface area (Å²) in [6, 6.07) is 9.58. The molecule has 0 N–H and O–H groups in total. The highest BCUT2D eigenvalue weighted by Crippen LogP contribution is 2.08. The summed E-state index contributed by atoms with van der Waals surface area (Å²) in [7, 11) is 1.50. The minimum absolute atomic E-state index is 0.158. The molecule has 0 aliphatic heterocycles. The van der Waals surface area contributed by atoms with Crippen LogP contribution in [0.1, 0.15) is 16.1 Å². The second-order valence-electron chi connectivity index (χ2n) is 5.55. The van der Waals surface area contributed by atoms with Crippen molar-refractivity contribution in [2.45, 2.75) is 6.54 Å². The van der Waals surface area contributed by atoms with Gasteiger partial charge in [-0.25, -0.2) is 4.39 Å². The molecule has 2 amide bonds. The lowest BCUT2D eigenvalue weighted by atomic mass is 10.2. The molecule has 0 bridgehead atoms. The summed E-state index contributed by atoms with van der Waals surface area (Å²) in [5.41, 5.74) is 0.505. The molecule has 0 fully saturated rings. The van der Waals surface area contributed by atoms with Crippen LogP contribution in [0.15, 0.2) is 63.6 Å². The number of hydrogen-bond acceptors (Lipinski definition) is 4. The summed E-state index contributed by atoms with van der Waals surface area (Å²) >= 11 is 1.27. The first-order chi connectivity index (χ1) is 12.5. The predicted molar refractivity (Wildman–Crippen MR) is 94.0 cm³/mol. The Morgan fingerprint density at radius 2 is 2.08 bits per heavy atom. The molecule has 0 saturated carbocycles. The number of furan rings is 1. The summed E-state index contributed by atoms with van der Waals surface area (Å²) in [6.45, 7) is 0.0839. The highest BCUT2D eigenvalue weighted by molar-refractivity contribution is 7.07. The molecule has 1 aromatic carbocycles. The zero-order chi connectivity index (χ0) is 18.5. The summed E-state index contributed by atoms with van der Waals surface area (Å²) in [5.74, 6) is -1.03. The Morgan fingerprint density at radius 1 is 1.27 bits per heavy atom. The molecule has 6 nitrogen and oxygen atoms in total. The molecule has 0 spiro atoms. The fraction of sp³-hybridized carbons (Fsp3) is 0.167.